The Hall–Kier alpha value is -3.86. The number of hydrogen-bond acceptors (Lipinski definition) is 7. The van der Waals surface area contributed by atoms with Gasteiger partial charge in [-0.25, -0.2) is 15.4 Å². The first-order chi connectivity index (χ1) is 21.2. The molecular formula is C34H44N8S. The van der Waals surface area contributed by atoms with Crippen LogP contribution < -0.4 is 22.3 Å². The summed E-state index contributed by atoms with van der Waals surface area (Å²) in [5.74, 6) is 5.01. The van der Waals surface area contributed by atoms with Crippen LogP contribution in [-0.2, 0) is 0 Å². The molecule has 0 atom stereocenters. The smallest absolute Gasteiger partial charge is 0.0659 e. The summed E-state index contributed by atoms with van der Waals surface area (Å²) in [4.78, 5) is 16.0. The van der Waals surface area contributed by atoms with Gasteiger partial charge in [-0.15, -0.1) is 0 Å². The maximum absolute atomic E-state index is 5.01. The first-order valence-electron chi connectivity index (χ1n) is 15.2. The van der Waals surface area contributed by atoms with Crippen LogP contribution in [0.25, 0.3) is 46.4 Å². The van der Waals surface area contributed by atoms with Crippen LogP contribution in [0.3, 0.4) is 0 Å². The molecule has 9 heteroatoms. The molecule has 0 amide bonds. The second-order valence-corrected chi connectivity index (χ2v) is 11.2. The zero-order chi connectivity index (χ0) is 30.0. The Kier molecular flexibility index (Phi) is 13.9. The molecular weight excluding hydrogens is 552 g/mol. The van der Waals surface area contributed by atoms with Crippen LogP contribution in [0.15, 0.2) is 71.4 Å². The molecule has 0 aliphatic carbocycles. The van der Waals surface area contributed by atoms with E-state index in [-0.39, 0.29) is 0 Å². The topological polar surface area (TPSA) is 119 Å². The average molecular weight is 597 g/mol. The number of nitrogens with zero attached hydrogens (tertiary/aromatic N) is 2. The Morgan fingerprint density at radius 1 is 0.628 bits per heavy atom. The second-order valence-electron chi connectivity index (χ2n) is 10.4. The molecule has 0 saturated heterocycles. The predicted octanol–water partition coefficient (Wildman–Crippen LogP) is 8.00. The van der Waals surface area contributed by atoms with Crippen molar-refractivity contribution in [2.75, 3.05) is 6.54 Å². The van der Waals surface area contributed by atoms with Crippen molar-refractivity contribution in [3.63, 3.8) is 0 Å². The van der Waals surface area contributed by atoms with E-state index in [1.54, 1.807) is 11.3 Å². The van der Waals surface area contributed by atoms with Crippen LogP contribution in [0.5, 0.6) is 0 Å². The molecule has 2 aliphatic heterocycles. The van der Waals surface area contributed by atoms with E-state index in [0.717, 1.165) is 51.4 Å². The predicted molar refractivity (Wildman–Crippen MR) is 184 cm³/mol. The normalized spacial score (nSPS) is 11.5. The van der Waals surface area contributed by atoms with Gasteiger partial charge in [0.1, 0.15) is 0 Å². The highest BCUT2D eigenvalue weighted by Gasteiger charge is 2.02. The fraction of sp³-hybridized carbons (Fsp3) is 0.294. The third-order valence-corrected chi connectivity index (χ3v) is 7.41. The molecule has 0 aromatic carbocycles. The molecule has 0 radical (unpaired) electrons. The number of hydrogen-bond donors (Lipinski definition) is 6. The lowest BCUT2D eigenvalue weighted by Crippen LogP contribution is -2.47. The molecule has 4 aromatic heterocycles. The van der Waals surface area contributed by atoms with Crippen LogP contribution >= 0.6 is 11.3 Å². The molecule has 7 N–H and O–H groups in total. The van der Waals surface area contributed by atoms with Crippen LogP contribution in [0.4, 0.5) is 0 Å². The Bertz CT molecular complexity index is 1450. The van der Waals surface area contributed by atoms with Gasteiger partial charge in [0.25, 0.3) is 0 Å². The lowest BCUT2D eigenvalue weighted by Gasteiger charge is -2.04. The number of rotatable bonds is 11. The quantitative estimate of drug-likeness (QED) is 0.0512. The highest BCUT2D eigenvalue weighted by atomic mass is 32.1. The fourth-order valence-corrected chi connectivity index (χ4v) is 5.09. The average Bonchev–Trinajstić information content (AvgIpc) is 3.85. The van der Waals surface area contributed by atoms with Gasteiger partial charge in [-0.2, -0.15) is 22.4 Å². The standard InChI is InChI=1S/C20H14N4.C10H26N4.C4H4S/c1-2-14-10-16-5-6-18(23-16)12-20-8-7-19(24-20)11-17-4-3-15(22-17)9-13(1)21-14;1-2-3-4-5-6-7-8-9-10-12-14-13-11;1-2-4-5-3-1/h1-12,21-22H;12-14H,2-11H2,1H3;1-4H. The first-order valence-corrected chi connectivity index (χ1v) is 16.1. The minimum Gasteiger partial charge on any atom is -0.355 e. The van der Waals surface area contributed by atoms with Crippen molar-refractivity contribution in [1.29, 1.82) is 0 Å². The molecule has 2 aliphatic rings. The number of nitrogens with one attached hydrogen (secondary N) is 5. The van der Waals surface area contributed by atoms with Gasteiger partial charge < -0.3 is 9.97 Å². The highest BCUT2D eigenvalue weighted by molar-refractivity contribution is 7.07. The van der Waals surface area contributed by atoms with Gasteiger partial charge >= 0.3 is 0 Å². The van der Waals surface area contributed by atoms with E-state index in [2.05, 4.69) is 73.7 Å². The molecule has 4 aromatic rings. The number of thiophene rings is 1. The van der Waals surface area contributed by atoms with Gasteiger partial charge in [0, 0.05) is 28.6 Å². The lowest BCUT2D eigenvalue weighted by molar-refractivity contribution is 0.431. The number of H-pyrrole nitrogens is 2. The third-order valence-electron chi connectivity index (χ3n) is 6.78. The number of fused-ring (bicyclic) bond motifs is 8. The maximum Gasteiger partial charge on any atom is 0.0659 e. The SMILES string of the molecule is C1=Cc2cc3ccc(cc4ccc(cc5nc(cc1n2)C=C5)[nH]4)[nH]3.CCCCCCCCCCNNNN.c1ccsc1. The van der Waals surface area contributed by atoms with Gasteiger partial charge in [-0.05, 0) is 90.0 Å². The number of hydrazine groups is 3. The summed E-state index contributed by atoms with van der Waals surface area (Å²) >= 11 is 1.71. The van der Waals surface area contributed by atoms with E-state index >= 15 is 0 Å². The number of nitrogens with two attached hydrogens (primary N) is 1. The Morgan fingerprint density at radius 3 is 1.56 bits per heavy atom. The van der Waals surface area contributed by atoms with Crippen LogP contribution in [0, 0.1) is 0 Å². The summed E-state index contributed by atoms with van der Waals surface area (Å²) < 4.78 is 0. The molecule has 0 unspecified atom stereocenters. The largest absolute Gasteiger partial charge is 0.355 e. The van der Waals surface area contributed by atoms with Gasteiger partial charge in [0.15, 0.2) is 0 Å². The molecule has 43 heavy (non-hydrogen) atoms. The van der Waals surface area contributed by atoms with Crippen molar-refractivity contribution >= 4 is 57.7 Å². The Labute approximate surface area is 258 Å². The van der Waals surface area contributed by atoms with Crippen molar-refractivity contribution in [1.82, 2.24) is 36.4 Å². The van der Waals surface area contributed by atoms with Crippen LogP contribution in [0.2, 0.25) is 0 Å². The van der Waals surface area contributed by atoms with E-state index in [1.807, 2.05) is 65.4 Å². The second kappa shape index (κ2) is 18.6. The van der Waals surface area contributed by atoms with Gasteiger partial charge in [-0.3, -0.25) is 5.84 Å². The Balaban J connectivity index is 0.000000189. The zero-order valence-electron chi connectivity index (χ0n) is 25.0. The van der Waals surface area contributed by atoms with E-state index in [1.165, 1.54) is 51.4 Å². The minimum atomic E-state index is 0.915. The number of unbranched alkanes of at least 4 members (excludes halogenated alkanes) is 7. The van der Waals surface area contributed by atoms with Crippen molar-refractivity contribution in [3.8, 4) is 0 Å². The van der Waals surface area contributed by atoms with E-state index < -0.39 is 0 Å². The molecule has 0 saturated carbocycles. The van der Waals surface area contributed by atoms with Gasteiger partial charge in [-0.1, -0.05) is 64.0 Å². The fourth-order valence-electron chi connectivity index (χ4n) is 4.63. The monoisotopic (exact) mass is 596 g/mol. The van der Waals surface area contributed by atoms with Crippen LogP contribution in [-0.4, -0.2) is 26.5 Å². The number of aromatic nitrogens is 4. The van der Waals surface area contributed by atoms with Crippen LogP contribution in [0.1, 0.15) is 81.1 Å². The molecule has 0 spiro atoms. The Morgan fingerprint density at radius 2 is 1.09 bits per heavy atom. The lowest BCUT2D eigenvalue weighted by atomic mass is 10.1. The first kappa shape index (κ1) is 32.1. The van der Waals surface area contributed by atoms with E-state index in [9.17, 15) is 0 Å². The minimum absolute atomic E-state index is 0.915. The molecule has 6 rings (SSSR count). The maximum atomic E-state index is 5.01. The van der Waals surface area contributed by atoms with Crippen molar-refractivity contribution in [2.24, 2.45) is 5.84 Å². The van der Waals surface area contributed by atoms with Gasteiger partial charge in [0.05, 0.1) is 22.8 Å². The zero-order valence-corrected chi connectivity index (χ0v) is 25.8. The summed E-state index contributed by atoms with van der Waals surface area (Å²) in [5, 5.41) is 4.08. The van der Waals surface area contributed by atoms with Crippen molar-refractivity contribution in [2.45, 2.75) is 58.3 Å². The van der Waals surface area contributed by atoms with E-state index in [4.69, 9.17) is 5.84 Å². The molecule has 8 nitrogen and oxygen atoms in total. The van der Waals surface area contributed by atoms with Gasteiger partial charge in [0.2, 0.25) is 0 Å². The molecule has 8 bridgehead atoms. The summed E-state index contributed by atoms with van der Waals surface area (Å²) in [5.41, 5.74) is 15.8. The third kappa shape index (κ3) is 12.1. The van der Waals surface area contributed by atoms with E-state index in [0.29, 0.717) is 0 Å². The van der Waals surface area contributed by atoms with Crippen molar-refractivity contribution < 1.29 is 0 Å². The van der Waals surface area contributed by atoms with Crippen molar-refractivity contribution in [3.05, 3.63) is 94.2 Å². The summed E-state index contributed by atoms with van der Waals surface area (Å²) in [6.45, 7) is 3.23. The molecule has 226 valence electrons. The number of aromatic amines is 2. The summed E-state index contributed by atoms with van der Waals surface area (Å²) in [6, 6.07) is 20.4. The molecule has 6 heterocycles. The summed E-state index contributed by atoms with van der Waals surface area (Å²) in [7, 11) is 0. The highest BCUT2D eigenvalue weighted by Crippen LogP contribution is 2.17. The summed E-state index contributed by atoms with van der Waals surface area (Å²) in [6.07, 6.45) is 18.9. The molecule has 0 fully saturated rings.